The van der Waals surface area contributed by atoms with E-state index in [1.807, 2.05) is 12.1 Å². The van der Waals surface area contributed by atoms with Gasteiger partial charge < -0.3 is 9.64 Å². The number of piperidine rings is 1. The Hall–Kier alpha value is -2.31. The van der Waals surface area contributed by atoms with E-state index in [0.717, 1.165) is 43.8 Å². The second kappa shape index (κ2) is 6.67. The lowest BCUT2D eigenvalue weighted by Gasteiger charge is -2.28. The molecule has 0 bridgehead atoms. The fourth-order valence-corrected chi connectivity index (χ4v) is 2.79. The minimum atomic E-state index is -4.92. The number of ether oxygens (including phenoxy) is 1. The maximum Gasteiger partial charge on any atom is 0.573 e. The van der Waals surface area contributed by atoms with E-state index in [9.17, 15) is 17.6 Å². The molecule has 1 aromatic carbocycles. The molecule has 1 aromatic heterocycles. The van der Waals surface area contributed by atoms with Crippen molar-refractivity contribution in [3.63, 3.8) is 0 Å². The Bertz CT molecular complexity index is 712. The van der Waals surface area contributed by atoms with Gasteiger partial charge in [-0.25, -0.2) is 4.39 Å². The molecule has 0 atom stereocenters. The summed E-state index contributed by atoms with van der Waals surface area (Å²) in [6, 6.07) is 7.04. The summed E-state index contributed by atoms with van der Waals surface area (Å²) in [5.41, 5.74) is 1.90. The molecule has 0 unspecified atom stereocenters. The predicted molar refractivity (Wildman–Crippen MR) is 82.4 cm³/mol. The van der Waals surface area contributed by atoms with Gasteiger partial charge in [0.2, 0.25) is 0 Å². The van der Waals surface area contributed by atoms with Crippen molar-refractivity contribution in [1.82, 2.24) is 4.98 Å². The molecule has 128 valence electrons. The van der Waals surface area contributed by atoms with Gasteiger partial charge in [0.15, 0.2) is 11.6 Å². The third kappa shape index (κ3) is 3.96. The van der Waals surface area contributed by atoms with Crippen LogP contribution in [0.1, 0.15) is 19.3 Å². The third-order valence-corrected chi connectivity index (χ3v) is 3.92. The Morgan fingerprint density at radius 3 is 2.42 bits per heavy atom. The van der Waals surface area contributed by atoms with Crippen LogP contribution < -0.4 is 9.64 Å². The van der Waals surface area contributed by atoms with Crippen LogP contribution in [0, 0.1) is 5.82 Å². The van der Waals surface area contributed by atoms with Gasteiger partial charge in [0.05, 0.1) is 5.69 Å². The molecule has 0 N–H and O–H groups in total. The molecule has 2 heterocycles. The molecule has 0 spiro atoms. The fourth-order valence-electron chi connectivity index (χ4n) is 2.79. The first-order valence-corrected chi connectivity index (χ1v) is 7.69. The van der Waals surface area contributed by atoms with E-state index in [1.54, 1.807) is 6.20 Å². The molecule has 0 radical (unpaired) electrons. The minimum absolute atomic E-state index is 0.404. The third-order valence-electron chi connectivity index (χ3n) is 3.92. The lowest BCUT2D eigenvalue weighted by atomic mass is 10.1. The molecule has 0 saturated carbocycles. The number of anilines is 1. The number of hydrogen-bond acceptors (Lipinski definition) is 3. The van der Waals surface area contributed by atoms with Crippen LogP contribution >= 0.6 is 0 Å². The number of rotatable bonds is 3. The Morgan fingerprint density at radius 2 is 1.75 bits per heavy atom. The summed E-state index contributed by atoms with van der Waals surface area (Å²) in [6.07, 6.45) is 0.151. The van der Waals surface area contributed by atoms with E-state index in [0.29, 0.717) is 11.3 Å². The zero-order chi connectivity index (χ0) is 17.2. The van der Waals surface area contributed by atoms with Crippen molar-refractivity contribution < 1.29 is 22.3 Å². The van der Waals surface area contributed by atoms with Crippen molar-refractivity contribution in [1.29, 1.82) is 0 Å². The molecule has 1 aliphatic heterocycles. The fraction of sp³-hybridized carbons (Fsp3) is 0.353. The smallest absolute Gasteiger partial charge is 0.403 e. The van der Waals surface area contributed by atoms with Gasteiger partial charge in [-0.2, -0.15) is 0 Å². The van der Waals surface area contributed by atoms with Crippen LogP contribution in [-0.4, -0.2) is 24.4 Å². The van der Waals surface area contributed by atoms with E-state index in [1.165, 1.54) is 12.5 Å². The first kappa shape index (κ1) is 16.5. The quantitative estimate of drug-likeness (QED) is 0.752. The first-order chi connectivity index (χ1) is 11.4. The van der Waals surface area contributed by atoms with Crippen LogP contribution in [0.2, 0.25) is 0 Å². The van der Waals surface area contributed by atoms with Crippen molar-refractivity contribution >= 4 is 5.69 Å². The van der Waals surface area contributed by atoms with Crippen molar-refractivity contribution in [3.05, 3.63) is 42.3 Å². The summed E-state index contributed by atoms with van der Waals surface area (Å²) in [5, 5.41) is 0. The van der Waals surface area contributed by atoms with Gasteiger partial charge in [0, 0.05) is 30.5 Å². The van der Waals surface area contributed by atoms with Crippen LogP contribution in [0.15, 0.2) is 36.5 Å². The van der Waals surface area contributed by atoms with Crippen LogP contribution in [-0.2, 0) is 0 Å². The van der Waals surface area contributed by atoms with Gasteiger partial charge >= 0.3 is 6.36 Å². The number of halogens is 4. The monoisotopic (exact) mass is 340 g/mol. The van der Waals surface area contributed by atoms with E-state index in [4.69, 9.17) is 0 Å². The number of aromatic nitrogens is 1. The standard InChI is InChI=1S/C17H16F4N2O/c18-14-10-12(4-5-16(14)24-17(19,20)21)15-11-13(6-7-22-15)23-8-2-1-3-9-23/h4-7,10-11H,1-3,8-9H2. The van der Waals surface area contributed by atoms with Gasteiger partial charge in [-0.3, -0.25) is 4.98 Å². The second-order valence-corrected chi connectivity index (χ2v) is 5.64. The van der Waals surface area contributed by atoms with Gasteiger partial charge in [-0.1, -0.05) is 0 Å². The molecule has 0 aliphatic carbocycles. The molecule has 24 heavy (non-hydrogen) atoms. The van der Waals surface area contributed by atoms with Crippen molar-refractivity contribution in [2.24, 2.45) is 0 Å². The lowest BCUT2D eigenvalue weighted by Crippen LogP contribution is -2.29. The van der Waals surface area contributed by atoms with Crippen LogP contribution in [0.3, 0.4) is 0 Å². The molecule has 3 rings (SSSR count). The first-order valence-electron chi connectivity index (χ1n) is 7.69. The van der Waals surface area contributed by atoms with Gasteiger partial charge in [0.25, 0.3) is 0 Å². The van der Waals surface area contributed by atoms with E-state index < -0.39 is 17.9 Å². The largest absolute Gasteiger partial charge is 0.573 e. The minimum Gasteiger partial charge on any atom is -0.403 e. The summed E-state index contributed by atoms with van der Waals surface area (Å²) in [6.45, 7) is 1.91. The van der Waals surface area contributed by atoms with E-state index in [-0.39, 0.29) is 0 Å². The number of benzene rings is 1. The van der Waals surface area contributed by atoms with Gasteiger partial charge in [-0.05, 0) is 49.6 Å². The van der Waals surface area contributed by atoms with Crippen molar-refractivity contribution in [2.45, 2.75) is 25.6 Å². The molecule has 1 aliphatic rings. The topological polar surface area (TPSA) is 25.4 Å². The maximum atomic E-state index is 13.9. The normalized spacial score (nSPS) is 15.4. The summed E-state index contributed by atoms with van der Waals surface area (Å²) in [4.78, 5) is 6.42. The molecule has 1 saturated heterocycles. The number of alkyl halides is 3. The Kier molecular flexibility index (Phi) is 4.59. The highest BCUT2D eigenvalue weighted by Gasteiger charge is 2.32. The lowest BCUT2D eigenvalue weighted by molar-refractivity contribution is -0.275. The molecule has 7 heteroatoms. The molecule has 1 fully saturated rings. The highest BCUT2D eigenvalue weighted by Crippen LogP contribution is 2.30. The maximum absolute atomic E-state index is 13.9. The summed E-state index contributed by atoms with van der Waals surface area (Å²) >= 11 is 0. The zero-order valence-corrected chi connectivity index (χ0v) is 12.8. The highest BCUT2D eigenvalue weighted by molar-refractivity contribution is 5.65. The van der Waals surface area contributed by atoms with Crippen molar-refractivity contribution in [3.8, 4) is 17.0 Å². The summed E-state index contributed by atoms with van der Waals surface area (Å²) in [7, 11) is 0. The number of nitrogens with zero attached hydrogens (tertiary/aromatic N) is 2. The van der Waals surface area contributed by atoms with E-state index in [2.05, 4.69) is 14.6 Å². The Balaban J connectivity index is 1.85. The van der Waals surface area contributed by atoms with Crippen molar-refractivity contribution in [2.75, 3.05) is 18.0 Å². The SMILES string of the molecule is Fc1cc(-c2cc(N3CCCCC3)ccn2)ccc1OC(F)(F)F. The highest BCUT2D eigenvalue weighted by atomic mass is 19.4. The molecule has 2 aromatic rings. The van der Waals surface area contributed by atoms with Gasteiger partial charge in [0.1, 0.15) is 0 Å². The van der Waals surface area contributed by atoms with Gasteiger partial charge in [-0.15, -0.1) is 13.2 Å². The molecule has 3 nitrogen and oxygen atoms in total. The summed E-state index contributed by atoms with van der Waals surface area (Å²) < 4.78 is 54.1. The molecule has 0 amide bonds. The van der Waals surface area contributed by atoms with Crippen LogP contribution in [0.5, 0.6) is 5.75 Å². The van der Waals surface area contributed by atoms with E-state index >= 15 is 0 Å². The Morgan fingerprint density at radius 1 is 1.00 bits per heavy atom. The molecular formula is C17H16F4N2O. The summed E-state index contributed by atoms with van der Waals surface area (Å²) in [5.74, 6) is -1.92. The average Bonchev–Trinajstić information content (AvgIpc) is 2.56. The molecular weight excluding hydrogens is 324 g/mol. The Labute approximate surface area is 136 Å². The number of hydrogen-bond donors (Lipinski definition) is 0. The average molecular weight is 340 g/mol. The predicted octanol–water partition coefficient (Wildman–Crippen LogP) is 4.78. The van der Waals surface area contributed by atoms with Crippen LogP contribution in [0.4, 0.5) is 23.2 Å². The zero-order valence-electron chi connectivity index (χ0n) is 12.8. The van der Waals surface area contributed by atoms with Crippen LogP contribution in [0.25, 0.3) is 11.3 Å². The number of pyridine rings is 1. The second-order valence-electron chi connectivity index (χ2n) is 5.64.